The second-order valence-corrected chi connectivity index (χ2v) is 4.86. The molecule has 0 atom stereocenters. The predicted molar refractivity (Wildman–Crippen MR) is 69.1 cm³/mol. The lowest BCUT2D eigenvalue weighted by Crippen LogP contribution is -2.08. The minimum Gasteiger partial charge on any atom is -0.236 e. The quantitative estimate of drug-likeness (QED) is 0.745. The Morgan fingerprint density at radius 3 is 2.41 bits per heavy atom. The van der Waals surface area contributed by atoms with E-state index in [1.54, 1.807) is 6.07 Å². The van der Waals surface area contributed by atoms with Crippen molar-refractivity contribution in [3.8, 4) is 11.3 Å². The van der Waals surface area contributed by atoms with Crippen molar-refractivity contribution >= 4 is 11.6 Å². The molecular weight excluding hydrogens is 232 g/mol. The third-order valence-corrected chi connectivity index (χ3v) is 3.62. The fourth-order valence-corrected chi connectivity index (χ4v) is 2.31. The molecule has 17 heavy (non-hydrogen) atoms. The van der Waals surface area contributed by atoms with Crippen molar-refractivity contribution in [1.29, 1.82) is 0 Å². The number of benzene rings is 1. The van der Waals surface area contributed by atoms with Gasteiger partial charge in [0.2, 0.25) is 0 Å². The Labute approximate surface area is 106 Å². The first-order valence-corrected chi connectivity index (χ1v) is 6.28. The van der Waals surface area contributed by atoms with E-state index in [1.165, 1.54) is 31.2 Å². The second-order valence-electron chi connectivity index (χ2n) is 4.48. The molecule has 0 spiro atoms. The Bertz CT molecular complexity index is 518. The maximum Gasteiger partial charge on any atom is 0.133 e. The highest BCUT2D eigenvalue weighted by molar-refractivity contribution is 6.29. The Kier molecular flexibility index (Phi) is 2.81. The monoisotopic (exact) mass is 244 g/mol. The van der Waals surface area contributed by atoms with Gasteiger partial charge in [-0.15, -0.1) is 0 Å². The molecule has 0 bridgehead atoms. The van der Waals surface area contributed by atoms with Crippen molar-refractivity contribution in [2.75, 3.05) is 0 Å². The van der Waals surface area contributed by atoms with Crippen LogP contribution >= 0.6 is 11.6 Å². The molecule has 3 rings (SSSR count). The predicted octanol–water partition coefficient (Wildman–Crippen LogP) is 4.06. The summed E-state index contributed by atoms with van der Waals surface area (Å²) < 4.78 is 0. The van der Waals surface area contributed by atoms with Crippen LogP contribution in [0.2, 0.25) is 5.15 Å². The van der Waals surface area contributed by atoms with Gasteiger partial charge in [0.05, 0.1) is 5.69 Å². The van der Waals surface area contributed by atoms with Gasteiger partial charge < -0.3 is 0 Å². The van der Waals surface area contributed by atoms with Gasteiger partial charge in [0, 0.05) is 11.6 Å². The molecule has 2 nitrogen and oxygen atoms in total. The summed E-state index contributed by atoms with van der Waals surface area (Å²) in [4.78, 5) is 8.11. The second kappa shape index (κ2) is 4.46. The van der Waals surface area contributed by atoms with Crippen molar-refractivity contribution in [1.82, 2.24) is 9.97 Å². The molecule has 1 aromatic heterocycles. The summed E-state index contributed by atoms with van der Waals surface area (Å²) in [6.07, 6.45) is 5.53. The van der Waals surface area contributed by atoms with Crippen LogP contribution in [0.4, 0.5) is 0 Å². The van der Waals surface area contributed by atoms with Gasteiger partial charge in [-0.3, -0.25) is 0 Å². The average Bonchev–Trinajstić information content (AvgIpc) is 2.28. The standard InChI is InChI=1S/C14H13ClN2/c15-14-8-13(16-9-17-14)12-6-4-11(5-7-12)10-2-1-3-10/h4-10H,1-3H2. The highest BCUT2D eigenvalue weighted by Gasteiger charge is 2.19. The molecule has 0 saturated heterocycles. The summed E-state index contributed by atoms with van der Waals surface area (Å²) in [7, 11) is 0. The van der Waals surface area contributed by atoms with E-state index in [9.17, 15) is 0 Å². The summed E-state index contributed by atoms with van der Waals surface area (Å²) in [5.41, 5.74) is 3.42. The SMILES string of the molecule is Clc1cc(-c2ccc(C3CCC3)cc2)ncn1. The third kappa shape index (κ3) is 2.18. The van der Waals surface area contributed by atoms with E-state index >= 15 is 0 Å². The van der Waals surface area contributed by atoms with Crippen molar-refractivity contribution < 1.29 is 0 Å². The molecule has 0 amide bonds. The molecule has 86 valence electrons. The molecule has 1 fully saturated rings. The normalized spacial score (nSPS) is 15.6. The Hall–Kier alpha value is -1.41. The van der Waals surface area contributed by atoms with Gasteiger partial charge in [0.15, 0.2) is 0 Å². The van der Waals surface area contributed by atoms with Crippen LogP contribution in [0, 0.1) is 0 Å². The Morgan fingerprint density at radius 2 is 1.82 bits per heavy atom. The molecule has 0 N–H and O–H groups in total. The summed E-state index contributed by atoms with van der Waals surface area (Å²) in [6, 6.07) is 10.4. The van der Waals surface area contributed by atoms with Crippen molar-refractivity contribution in [2.24, 2.45) is 0 Å². The van der Waals surface area contributed by atoms with Gasteiger partial charge in [-0.05, 0) is 24.3 Å². The first-order chi connectivity index (χ1) is 8.33. The van der Waals surface area contributed by atoms with Crippen LogP contribution in [0.15, 0.2) is 36.7 Å². The fourth-order valence-electron chi connectivity index (χ4n) is 2.16. The van der Waals surface area contributed by atoms with E-state index in [4.69, 9.17) is 11.6 Å². The lowest BCUT2D eigenvalue weighted by atomic mass is 9.80. The third-order valence-electron chi connectivity index (χ3n) is 3.42. The zero-order chi connectivity index (χ0) is 11.7. The van der Waals surface area contributed by atoms with Gasteiger partial charge in [-0.1, -0.05) is 42.3 Å². The van der Waals surface area contributed by atoms with Crippen molar-refractivity contribution in [3.05, 3.63) is 47.4 Å². The lowest BCUT2D eigenvalue weighted by molar-refractivity contribution is 0.420. The van der Waals surface area contributed by atoms with E-state index in [0.717, 1.165) is 17.2 Å². The summed E-state index contributed by atoms with van der Waals surface area (Å²) in [5, 5.41) is 0.484. The van der Waals surface area contributed by atoms with Crippen molar-refractivity contribution in [2.45, 2.75) is 25.2 Å². The van der Waals surface area contributed by atoms with Gasteiger partial charge in [0.1, 0.15) is 11.5 Å². The van der Waals surface area contributed by atoms with E-state index < -0.39 is 0 Å². The molecule has 3 heteroatoms. The molecule has 1 aliphatic rings. The summed E-state index contributed by atoms with van der Waals surface area (Å²) in [5.74, 6) is 0.776. The van der Waals surface area contributed by atoms with Crippen LogP contribution < -0.4 is 0 Å². The summed E-state index contributed by atoms with van der Waals surface area (Å²) >= 11 is 5.86. The topological polar surface area (TPSA) is 25.8 Å². The number of nitrogens with zero attached hydrogens (tertiary/aromatic N) is 2. The zero-order valence-corrected chi connectivity index (χ0v) is 10.2. The van der Waals surface area contributed by atoms with Crippen LogP contribution in [0.5, 0.6) is 0 Å². The molecule has 2 aromatic rings. The van der Waals surface area contributed by atoms with E-state index in [2.05, 4.69) is 34.2 Å². The van der Waals surface area contributed by atoms with Crippen LogP contribution in [0.25, 0.3) is 11.3 Å². The highest BCUT2D eigenvalue weighted by atomic mass is 35.5. The summed E-state index contributed by atoms with van der Waals surface area (Å²) in [6.45, 7) is 0. The molecule has 0 radical (unpaired) electrons. The van der Waals surface area contributed by atoms with Gasteiger partial charge in [-0.2, -0.15) is 0 Å². The van der Waals surface area contributed by atoms with Crippen LogP contribution in [-0.2, 0) is 0 Å². The van der Waals surface area contributed by atoms with Crippen LogP contribution in [-0.4, -0.2) is 9.97 Å². The number of halogens is 1. The molecular formula is C14H13ClN2. The van der Waals surface area contributed by atoms with Crippen molar-refractivity contribution in [3.63, 3.8) is 0 Å². The van der Waals surface area contributed by atoms with E-state index in [1.807, 2.05) is 0 Å². The number of rotatable bonds is 2. The lowest BCUT2D eigenvalue weighted by Gasteiger charge is -2.25. The van der Waals surface area contributed by atoms with E-state index in [0.29, 0.717) is 5.15 Å². The number of aromatic nitrogens is 2. The first kappa shape index (κ1) is 10.7. The largest absolute Gasteiger partial charge is 0.236 e. The molecule has 1 saturated carbocycles. The maximum absolute atomic E-state index is 5.86. The smallest absolute Gasteiger partial charge is 0.133 e. The number of hydrogen-bond acceptors (Lipinski definition) is 2. The van der Waals surface area contributed by atoms with Gasteiger partial charge in [0.25, 0.3) is 0 Å². The Balaban J connectivity index is 1.88. The van der Waals surface area contributed by atoms with Crippen LogP contribution in [0.1, 0.15) is 30.7 Å². The first-order valence-electron chi connectivity index (χ1n) is 5.91. The Morgan fingerprint density at radius 1 is 1.06 bits per heavy atom. The minimum absolute atomic E-state index is 0.484. The van der Waals surface area contributed by atoms with Crippen LogP contribution in [0.3, 0.4) is 0 Å². The van der Waals surface area contributed by atoms with E-state index in [-0.39, 0.29) is 0 Å². The molecule has 0 aliphatic heterocycles. The van der Waals surface area contributed by atoms with Gasteiger partial charge >= 0.3 is 0 Å². The number of hydrogen-bond donors (Lipinski definition) is 0. The molecule has 1 aromatic carbocycles. The molecule has 1 heterocycles. The molecule has 0 unspecified atom stereocenters. The minimum atomic E-state index is 0.484. The zero-order valence-electron chi connectivity index (χ0n) is 9.44. The highest BCUT2D eigenvalue weighted by Crippen LogP contribution is 2.36. The van der Waals surface area contributed by atoms with Gasteiger partial charge in [-0.25, -0.2) is 9.97 Å². The maximum atomic E-state index is 5.86. The fraction of sp³-hybridized carbons (Fsp3) is 0.286. The molecule has 1 aliphatic carbocycles. The average molecular weight is 245 g/mol.